The smallest absolute Gasteiger partial charge is 0.367 e. The van der Waals surface area contributed by atoms with E-state index in [4.69, 9.17) is 18.9 Å². The maximum atomic E-state index is 12.5. The van der Waals surface area contributed by atoms with E-state index in [9.17, 15) is 4.79 Å². The lowest BCUT2D eigenvalue weighted by Gasteiger charge is -2.34. The predicted octanol–water partition coefficient (Wildman–Crippen LogP) is 2.52. The second-order valence-corrected chi connectivity index (χ2v) is 9.48. The molecule has 4 rings (SSSR count). The van der Waals surface area contributed by atoms with Gasteiger partial charge in [0, 0.05) is 12.8 Å². The zero-order valence-corrected chi connectivity index (χ0v) is 17.7. The maximum Gasteiger partial charge on any atom is 0.367 e. The van der Waals surface area contributed by atoms with Gasteiger partial charge in [-0.15, -0.1) is 11.8 Å². The minimum atomic E-state index is -0.671. The first-order valence-electron chi connectivity index (χ1n) is 9.95. The monoisotopic (exact) mass is 411 g/mol. The highest BCUT2D eigenvalue weighted by Gasteiger charge is 2.59. The van der Waals surface area contributed by atoms with Crippen molar-refractivity contribution < 1.29 is 18.9 Å². The third kappa shape index (κ3) is 4.00. The van der Waals surface area contributed by atoms with E-state index >= 15 is 0 Å². The van der Waals surface area contributed by atoms with Crippen molar-refractivity contribution in [3.05, 3.63) is 16.7 Å². The Bertz CT molecular complexity index is 759. The van der Waals surface area contributed by atoms with E-state index in [1.54, 1.807) is 6.20 Å². The molecular formula is C19H29N3O5S. The van der Waals surface area contributed by atoms with Crippen molar-refractivity contribution in [2.75, 3.05) is 12.9 Å². The Morgan fingerprint density at radius 1 is 1.25 bits per heavy atom. The van der Waals surface area contributed by atoms with E-state index in [-0.39, 0.29) is 17.8 Å². The molecule has 1 spiro atoms. The third-order valence-corrected chi connectivity index (χ3v) is 6.04. The van der Waals surface area contributed by atoms with Crippen molar-refractivity contribution >= 4 is 11.8 Å². The average molecular weight is 412 g/mol. The molecule has 1 aromatic rings. The summed E-state index contributed by atoms with van der Waals surface area (Å²) in [6, 6.07) is 0. The molecule has 2 aliphatic heterocycles. The highest BCUT2D eigenvalue weighted by atomic mass is 32.2. The summed E-state index contributed by atoms with van der Waals surface area (Å²) in [6.07, 6.45) is 6.83. The summed E-state index contributed by atoms with van der Waals surface area (Å²) >= 11 is 1.38. The highest BCUT2D eigenvalue weighted by molar-refractivity contribution is 7.98. The Morgan fingerprint density at radius 3 is 2.61 bits per heavy atom. The van der Waals surface area contributed by atoms with Crippen LogP contribution in [-0.2, 0) is 18.9 Å². The summed E-state index contributed by atoms with van der Waals surface area (Å²) < 4.78 is 26.3. The summed E-state index contributed by atoms with van der Waals surface area (Å²) in [7, 11) is 0. The molecule has 0 N–H and O–H groups in total. The number of nitrogens with zero attached hydrogens (tertiary/aromatic N) is 3. The molecule has 8 nitrogen and oxygen atoms in total. The van der Waals surface area contributed by atoms with Crippen LogP contribution in [0.3, 0.4) is 0 Å². The van der Waals surface area contributed by atoms with Gasteiger partial charge in [-0.05, 0) is 39.9 Å². The van der Waals surface area contributed by atoms with E-state index in [1.165, 1.54) is 22.9 Å². The van der Waals surface area contributed by atoms with Gasteiger partial charge >= 0.3 is 5.69 Å². The SMILES string of the molecule is CSc1cnn([C@H]2O[C@@H](COC(C)(C)C)[C@@H]3OC4(CCCCC4)O[C@@H]32)c(=O)n1. The van der Waals surface area contributed by atoms with Crippen LogP contribution in [0.5, 0.6) is 0 Å². The molecule has 1 aliphatic carbocycles. The number of hydrogen-bond acceptors (Lipinski definition) is 8. The normalized spacial score (nSPS) is 32.0. The van der Waals surface area contributed by atoms with Crippen LogP contribution >= 0.6 is 11.8 Å². The van der Waals surface area contributed by atoms with Crippen LogP contribution < -0.4 is 5.69 Å². The van der Waals surface area contributed by atoms with Crippen LogP contribution in [-0.4, -0.2) is 57.3 Å². The largest absolute Gasteiger partial charge is 0.373 e. The first kappa shape index (κ1) is 20.3. The Kier molecular flexibility index (Phi) is 5.56. The number of hydrogen-bond donors (Lipinski definition) is 0. The topological polar surface area (TPSA) is 84.7 Å². The minimum absolute atomic E-state index is 0.292. The zero-order valence-electron chi connectivity index (χ0n) is 16.9. The maximum absolute atomic E-state index is 12.5. The van der Waals surface area contributed by atoms with Gasteiger partial charge < -0.3 is 18.9 Å². The lowest BCUT2D eigenvalue weighted by molar-refractivity contribution is -0.237. The number of aromatic nitrogens is 3. The van der Waals surface area contributed by atoms with Crippen LogP contribution in [0.15, 0.2) is 16.0 Å². The lowest BCUT2D eigenvalue weighted by Crippen LogP contribution is -2.39. The molecule has 3 aliphatic rings. The van der Waals surface area contributed by atoms with Gasteiger partial charge in [0.25, 0.3) is 0 Å². The molecule has 1 saturated carbocycles. The van der Waals surface area contributed by atoms with Crippen molar-refractivity contribution in [1.29, 1.82) is 0 Å². The molecule has 0 unspecified atom stereocenters. The molecule has 1 aromatic heterocycles. The quantitative estimate of drug-likeness (QED) is 0.699. The van der Waals surface area contributed by atoms with Crippen LogP contribution in [0.2, 0.25) is 0 Å². The molecule has 9 heteroatoms. The molecule has 3 heterocycles. The van der Waals surface area contributed by atoms with E-state index < -0.39 is 23.8 Å². The molecular weight excluding hydrogens is 382 g/mol. The first-order chi connectivity index (χ1) is 13.3. The number of fused-ring (bicyclic) bond motifs is 1. The molecule has 0 bridgehead atoms. The fourth-order valence-corrected chi connectivity index (χ4v) is 4.42. The first-order valence-corrected chi connectivity index (χ1v) is 11.2. The predicted molar refractivity (Wildman–Crippen MR) is 103 cm³/mol. The fraction of sp³-hybridized carbons (Fsp3) is 0.842. The van der Waals surface area contributed by atoms with Gasteiger partial charge in [-0.2, -0.15) is 14.8 Å². The summed E-state index contributed by atoms with van der Waals surface area (Å²) in [5.41, 5.74) is -0.739. The van der Waals surface area contributed by atoms with Crippen LogP contribution in [0, 0.1) is 0 Å². The standard InChI is InChI=1S/C19H29N3O5S/c1-18(2,3)24-11-12-14-15(27-19(26-14)8-6-5-7-9-19)16(25-12)22-17(23)21-13(28-4)10-20-22/h10,12,14-16H,5-9,11H2,1-4H3/t12-,14-,15-,16-/m0/s1. The van der Waals surface area contributed by atoms with Crippen molar-refractivity contribution in [3.8, 4) is 0 Å². The van der Waals surface area contributed by atoms with Gasteiger partial charge in [0.1, 0.15) is 23.3 Å². The van der Waals surface area contributed by atoms with Gasteiger partial charge in [-0.1, -0.05) is 6.42 Å². The Labute approximate surface area is 169 Å². The number of thioether (sulfide) groups is 1. The number of ether oxygens (including phenoxy) is 4. The van der Waals surface area contributed by atoms with E-state index in [2.05, 4.69) is 10.1 Å². The Morgan fingerprint density at radius 2 is 1.96 bits per heavy atom. The van der Waals surface area contributed by atoms with Crippen LogP contribution in [0.4, 0.5) is 0 Å². The molecule has 28 heavy (non-hydrogen) atoms. The second kappa shape index (κ2) is 7.68. The minimum Gasteiger partial charge on any atom is -0.373 e. The molecule has 4 atom stereocenters. The molecule has 0 radical (unpaired) electrons. The van der Waals surface area contributed by atoms with Gasteiger partial charge in [-0.3, -0.25) is 0 Å². The summed E-state index contributed by atoms with van der Waals surface area (Å²) in [5, 5.41) is 4.87. The summed E-state index contributed by atoms with van der Waals surface area (Å²) in [5.74, 6) is -0.578. The van der Waals surface area contributed by atoms with Crippen molar-refractivity contribution in [2.24, 2.45) is 0 Å². The molecule has 3 fully saturated rings. The third-order valence-electron chi connectivity index (χ3n) is 5.43. The average Bonchev–Trinajstić information content (AvgIpc) is 3.15. The molecule has 2 saturated heterocycles. The van der Waals surface area contributed by atoms with Crippen molar-refractivity contribution in [3.63, 3.8) is 0 Å². The van der Waals surface area contributed by atoms with E-state index in [0.29, 0.717) is 11.6 Å². The van der Waals surface area contributed by atoms with E-state index in [1.807, 2.05) is 27.0 Å². The van der Waals surface area contributed by atoms with Crippen molar-refractivity contribution in [1.82, 2.24) is 14.8 Å². The highest BCUT2D eigenvalue weighted by Crippen LogP contribution is 2.48. The Balaban J connectivity index is 1.61. The fourth-order valence-electron chi connectivity index (χ4n) is 4.10. The second-order valence-electron chi connectivity index (χ2n) is 8.65. The Hall–Kier alpha value is -1.00. The van der Waals surface area contributed by atoms with Crippen LogP contribution in [0.25, 0.3) is 0 Å². The molecule has 0 amide bonds. The molecule has 156 valence electrons. The van der Waals surface area contributed by atoms with E-state index in [0.717, 1.165) is 25.7 Å². The van der Waals surface area contributed by atoms with Gasteiger partial charge in [0.15, 0.2) is 12.0 Å². The summed E-state index contributed by atoms with van der Waals surface area (Å²) in [6.45, 7) is 6.37. The number of rotatable bonds is 4. The van der Waals surface area contributed by atoms with Crippen molar-refractivity contribution in [2.45, 2.75) is 93.8 Å². The summed E-state index contributed by atoms with van der Waals surface area (Å²) in [4.78, 5) is 16.6. The molecule has 0 aromatic carbocycles. The van der Waals surface area contributed by atoms with Crippen LogP contribution in [0.1, 0.15) is 59.1 Å². The van der Waals surface area contributed by atoms with Gasteiger partial charge in [0.05, 0.1) is 18.4 Å². The van der Waals surface area contributed by atoms with Gasteiger partial charge in [-0.25, -0.2) is 4.79 Å². The lowest BCUT2D eigenvalue weighted by atomic mass is 9.94. The zero-order chi connectivity index (χ0) is 19.9. The van der Waals surface area contributed by atoms with Gasteiger partial charge in [0.2, 0.25) is 0 Å².